The van der Waals surface area contributed by atoms with Gasteiger partial charge in [-0.3, -0.25) is 29.8 Å². The third-order valence-corrected chi connectivity index (χ3v) is 2.38. The van der Waals surface area contributed by atoms with Crippen molar-refractivity contribution in [3.63, 3.8) is 0 Å². The first-order valence-electron chi connectivity index (χ1n) is 5.33. The summed E-state index contributed by atoms with van der Waals surface area (Å²) >= 11 is 0. The molecule has 2 heterocycles. The number of rotatable bonds is 2. The van der Waals surface area contributed by atoms with E-state index in [1.807, 2.05) is 10.6 Å². The molecule has 10 nitrogen and oxygen atoms in total. The second-order valence-corrected chi connectivity index (χ2v) is 3.89. The number of allylic oxidation sites excluding steroid dienone is 2. The van der Waals surface area contributed by atoms with Crippen LogP contribution in [0.1, 0.15) is 12.8 Å². The van der Waals surface area contributed by atoms with Gasteiger partial charge in [0.25, 0.3) is 0 Å². The number of hydrogen-bond acceptors (Lipinski definition) is 8. The van der Waals surface area contributed by atoms with Gasteiger partial charge < -0.3 is 10.2 Å². The van der Waals surface area contributed by atoms with Crippen LogP contribution in [-0.2, 0) is 35.7 Å². The number of amides is 2. The van der Waals surface area contributed by atoms with Crippen LogP contribution in [0, 0.1) is 0 Å². The molecule has 0 atom stereocenters. The predicted octanol–water partition coefficient (Wildman–Crippen LogP) is -0.932. The van der Waals surface area contributed by atoms with Crippen molar-refractivity contribution in [1.29, 1.82) is 0 Å². The van der Waals surface area contributed by atoms with E-state index in [0.717, 1.165) is 0 Å². The topological polar surface area (TPSA) is 158 Å². The standard InChI is InChI=1S/C10H8N4O6.Ni/c15-3-1-5(17)11-9(19)7(3)13-14-8-4(16)2-6(18)12-10(8)20;/h19-20H,1-2H2,(H,11,17)(H,12,18);. The van der Waals surface area contributed by atoms with Crippen molar-refractivity contribution in [3.8, 4) is 0 Å². The number of nitrogens with zero attached hydrogens (tertiary/aromatic N) is 2. The SMILES string of the molecule is O=C1CC(=O)C(N=NC2=C(O)NC(=O)CC2=O)=C(O)N1.[Ni]. The molecule has 2 aliphatic rings. The van der Waals surface area contributed by atoms with Gasteiger partial charge in [-0.2, -0.15) is 0 Å². The first kappa shape index (κ1) is 16.5. The predicted molar refractivity (Wildman–Crippen MR) is 59.7 cm³/mol. The van der Waals surface area contributed by atoms with Crippen molar-refractivity contribution in [3.05, 3.63) is 23.2 Å². The fourth-order valence-electron chi connectivity index (χ4n) is 1.50. The minimum atomic E-state index is -0.789. The molecule has 0 aromatic rings. The van der Waals surface area contributed by atoms with Crippen LogP contribution < -0.4 is 10.6 Å². The van der Waals surface area contributed by atoms with Gasteiger partial charge in [0.15, 0.2) is 23.0 Å². The molecule has 2 aliphatic heterocycles. The normalized spacial score (nSPS) is 19.6. The average Bonchev–Trinajstić information content (AvgIpc) is 2.30. The van der Waals surface area contributed by atoms with E-state index in [9.17, 15) is 29.4 Å². The molecule has 2 amide bonds. The molecule has 0 bridgehead atoms. The van der Waals surface area contributed by atoms with E-state index < -0.39 is 59.4 Å². The van der Waals surface area contributed by atoms with Gasteiger partial charge in [0.05, 0.1) is 12.8 Å². The maximum absolute atomic E-state index is 11.4. The minimum Gasteiger partial charge on any atom is -0.493 e. The van der Waals surface area contributed by atoms with Crippen LogP contribution in [0.5, 0.6) is 0 Å². The zero-order valence-electron chi connectivity index (χ0n) is 10.2. The van der Waals surface area contributed by atoms with E-state index in [1.165, 1.54) is 0 Å². The molecule has 0 fully saturated rings. The number of aliphatic hydroxyl groups excluding tert-OH is 2. The average molecular weight is 339 g/mol. The number of azo groups is 1. The fraction of sp³-hybridized carbons (Fsp3) is 0.200. The Kier molecular flexibility index (Phi) is 4.93. The van der Waals surface area contributed by atoms with Crippen molar-refractivity contribution in [2.45, 2.75) is 12.8 Å². The molecule has 0 saturated heterocycles. The van der Waals surface area contributed by atoms with Gasteiger partial charge in [-0.1, -0.05) is 0 Å². The van der Waals surface area contributed by atoms with Gasteiger partial charge in [-0.05, 0) is 0 Å². The molecule has 2 rings (SSSR count). The van der Waals surface area contributed by atoms with Gasteiger partial charge in [0.1, 0.15) is 0 Å². The van der Waals surface area contributed by atoms with Crippen LogP contribution in [0.4, 0.5) is 0 Å². The van der Waals surface area contributed by atoms with Crippen molar-refractivity contribution in [1.82, 2.24) is 10.6 Å². The quantitative estimate of drug-likeness (QED) is 0.289. The van der Waals surface area contributed by atoms with Crippen LogP contribution >= 0.6 is 0 Å². The van der Waals surface area contributed by atoms with E-state index in [-0.39, 0.29) is 16.5 Å². The van der Waals surface area contributed by atoms with Gasteiger partial charge in [0.2, 0.25) is 23.6 Å². The molecule has 4 N–H and O–H groups in total. The smallest absolute Gasteiger partial charge is 0.234 e. The van der Waals surface area contributed by atoms with E-state index in [4.69, 9.17) is 0 Å². The first-order chi connectivity index (χ1) is 9.38. The van der Waals surface area contributed by atoms with Crippen LogP contribution in [0.3, 0.4) is 0 Å². The Balaban J connectivity index is 0.00000220. The summed E-state index contributed by atoms with van der Waals surface area (Å²) in [5, 5.41) is 29.3. The Morgan fingerprint density at radius 3 is 1.38 bits per heavy atom. The van der Waals surface area contributed by atoms with Crippen molar-refractivity contribution < 1.29 is 45.9 Å². The molecule has 0 aliphatic carbocycles. The summed E-state index contributed by atoms with van der Waals surface area (Å²) in [5.74, 6) is -4.56. The summed E-state index contributed by atoms with van der Waals surface area (Å²) < 4.78 is 0. The van der Waals surface area contributed by atoms with Gasteiger partial charge >= 0.3 is 0 Å². The number of ketones is 2. The summed E-state index contributed by atoms with van der Waals surface area (Å²) in [6.07, 6.45) is -1.04. The van der Waals surface area contributed by atoms with Crippen LogP contribution in [0.15, 0.2) is 33.4 Å². The van der Waals surface area contributed by atoms with Crippen LogP contribution in [0.2, 0.25) is 0 Å². The van der Waals surface area contributed by atoms with Gasteiger partial charge in [-0.25, -0.2) is 0 Å². The van der Waals surface area contributed by atoms with Crippen molar-refractivity contribution in [2.24, 2.45) is 10.2 Å². The molecule has 0 aromatic heterocycles. The maximum Gasteiger partial charge on any atom is 0.234 e. The maximum atomic E-state index is 11.4. The van der Waals surface area contributed by atoms with E-state index >= 15 is 0 Å². The van der Waals surface area contributed by atoms with Crippen molar-refractivity contribution in [2.75, 3.05) is 0 Å². The van der Waals surface area contributed by atoms with E-state index in [0.29, 0.717) is 0 Å². The van der Waals surface area contributed by atoms with Crippen molar-refractivity contribution >= 4 is 23.4 Å². The Morgan fingerprint density at radius 1 is 0.762 bits per heavy atom. The molecule has 0 saturated carbocycles. The number of Topliss-reactive ketones (excluding diaryl/α,β-unsaturated/α-hetero) is 2. The molecular weight excluding hydrogens is 331 g/mol. The zero-order valence-corrected chi connectivity index (χ0v) is 11.1. The molecular formula is C10H8N4NiO6. The molecule has 0 aromatic carbocycles. The van der Waals surface area contributed by atoms with Gasteiger partial charge in [-0.15, -0.1) is 10.2 Å². The second-order valence-electron chi connectivity index (χ2n) is 3.89. The molecule has 0 unspecified atom stereocenters. The largest absolute Gasteiger partial charge is 0.493 e. The monoisotopic (exact) mass is 338 g/mol. The first-order valence-corrected chi connectivity index (χ1v) is 5.33. The summed E-state index contributed by atoms with van der Waals surface area (Å²) in [4.78, 5) is 44.7. The molecule has 114 valence electrons. The van der Waals surface area contributed by atoms with Gasteiger partial charge in [0, 0.05) is 16.5 Å². The Labute approximate surface area is 126 Å². The summed E-state index contributed by atoms with van der Waals surface area (Å²) in [7, 11) is 0. The number of carbonyl (C=O) groups excluding carboxylic acids is 4. The molecule has 21 heavy (non-hydrogen) atoms. The summed E-state index contributed by atoms with van der Waals surface area (Å²) in [5.41, 5.74) is -1.09. The minimum absolute atomic E-state index is 0. The van der Waals surface area contributed by atoms with E-state index in [1.54, 1.807) is 0 Å². The Hall–Kier alpha value is -2.55. The second kappa shape index (κ2) is 6.27. The number of aliphatic hydroxyl groups is 2. The molecule has 11 heteroatoms. The Morgan fingerprint density at radius 2 is 1.10 bits per heavy atom. The number of nitrogens with one attached hydrogen (secondary N) is 2. The number of hydrogen-bond donors (Lipinski definition) is 4. The summed E-state index contributed by atoms with van der Waals surface area (Å²) in [6.45, 7) is 0. The van der Waals surface area contributed by atoms with E-state index in [2.05, 4.69) is 10.2 Å². The fourth-order valence-corrected chi connectivity index (χ4v) is 1.50. The number of carbonyl (C=O) groups is 4. The molecule has 0 spiro atoms. The summed E-state index contributed by atoms with van der Waals surface area (Å²) in [6, 6.07) is 0. The third-order valence-electron chi connectivity index (χ3n) is 2.38. The third kappa shape index (κ3) is 3.51. The Bertz CT molecular complexity index is 581. The zero-order chi connectivity index (χ0) is 14.9. The van der Waals surface area contributed by atoms with Crippen LogP contribution in [0.25, 0.3) is 0 Å². The van der Waals surface area contributed by atoms with Crippen LogP contribution in [-0.4, -0.2) is 33.6 Å². The molecule has 0 radical (unpaired) electrons.